The minimum Gasteiger partial charge on any atom is -0.748 e. The van der Waals surface area contributed by atoms with Crippen LogP contribution in [0.25, 0.3) is 0 Å². The fraction of sp³-hybridized carbons (Fsp3) is 0.750. The Balaban J connectivity index is 0. The second-order valence-corrected chi connectivity index (χ2v) is 3.11. The van der Waals surface area contributed by atoms with E-state index >= 15 is 0 Å². The molecule has 0 aliphatic carbocycles. The van der Waals surface area contributed by atoms with Crippen molar-refractivity contribution in [1.82, 2.24) is 0 Å². The van der Waals surface area contributed by atoms with Crippen molar-refractivity contribution in [2.45, 2.75) is 6.42 Å². The van der Waals surface area contributed by atoms with Crippen molar-refractivity contribution >= 4 is 16.1 Å². The molecule has 0 aromatic carbocycles. The molecule has 0 atom stereocenters. The summed E-state index contributed by atoms with van der Waals surface area (Å²) in [4.78, 5) is 10.2. The van der Waals surface area contributed by atoms with Crippen molar-refractivity contribution < 1.29 is 52.1 Å². The van der Waals surface area contributed by atoms with Crippen LogP contribution >= 0.6 is 0 Å². The predicted octanol–water partition coefficient (Wildman–Crippen LogP) is -3.90. The molecule has 0 N–H and O–H groups in total. The average molecular weight is 190 g/mol. The van der Waals surface area contributed by atoms with Gasteiger partial charge in [-0.2, -0.15) is 0 Å². The van der Waals surface area contributed by atoms with Crippen molar-refractivity contribution in [2.75, 3.05) is 12.9 Å². The Bertz CT molecular complexity index is 209. The van der Waals surface area contributed by atoms with Crippen molar-refractivity contribution in [2.24, 2.45) is 0 Å². The maximum absolute atomic E-state index is 10.2. The monoisotopic (exact) mass is 190 g/mol. The number of esters is 1. The Morgan fingerprint density at radius 1 is 1.55 bits per heavy atom. The third-order valence-electron chi connectivity index (χ3n) is 0.784. The molecule has 5 nitrogen and oxygen atoms in total. The number of carbonyl (C=O) groups excluding carboxylic acids is 1. The summed E-state index contributed by atoms with van der Waals surface area (Å²) in [6, 6.07) is 0. The van der Waals surface area contributed by atoms with Gasteiger partial charge in [0, 0.05) is 5.75 Å². The quantitative estimate of drug-likeness (QED) is 0.258. The van der Waals surface area contributed by atoms with Crippen LogP contribution in [-0.2, 0) is 19.6 Å². The summed E-state index contributed by atoms with van der Waals surface area (Å²) in [6.07, 6.45) is -0.373. The molecule has 60 valence electrons. The normalized spacial score (nSPS) is 10.0. The molecule has 0 rings (SSSR count). The van der Waals surface area contributed by atoms with Gasteiger partial charge in [0.2, 0.25) is 0 Å². The summed E-state index contributed by atoms with van der Waals surface area (Å²) in [7, 11) is -3.16. The van der Waals surface area contributed by atoms with E-state index in [-0.39, 0.29) is 36.0 Å². The van der Waals surface area contributed by atoms with Gasteiger partial charge in [-0.1, -0.05) is 0 Å². The summed E-state index contributed by atoms with van der Waals surface area (Å²) in [5, 5.41) is 0. The predicted molar refractivity (Wildman–Crippen MR) is 31.2 cm³/mol. The van der Waals surface area contributed by atoms with Crippen molar-refractivity contribution in [3.8, 4) is 0 Å². The Labute approximate surface area is 87.2 Å². The molecule has 0 spiro atoms. The molecule has 11 heavy (non-hydrogen) atoms. The van der Waals surface area contributed by atoms with Crippen LogP contribution in [-0.4, -0.2) is 31.8 Å². The van der Waals surface area contributed by atoms with E-state index in [1.54, 1.807) is 0 Å². The number of ether oxygens (including phenoxy) is 1. The Kier molecular flexibility index (Phi) is 7.55. The van der Waals surface area contributed by atoms with E-state index in [0.29, 0.717) is 0 Å². The fourth-order valence-corrected chi connectivity index (χ4v) is 0.727. The van der Waals surface area contributed by atoms with E-state index in [2.05, 4.69) is 4.74 Å². The molecule has 0 heterocycles. The van der Waals surface area contributed by atoms with Crippen LogP contribution < -0.4 is 29.6 Å². The molecule has 0 aromatic heterocycles. The molecule has 0 aliphatic heterocycles. The SMILES string of the molecule is COC(=O)CCS(=O)(=O)[O-].[Na+]. The molecule has 0 bridgehead atoms. The smallest absolute Gasteiger partial charge is 0.748 e. The minimum absolute atomic E-state index is 0. The van der Waals surface area contributed by atoms with Crippen LogP contribution in [0.15, 0.2) is 0 Å². The fourth-order valence-electron chi connectivity index (χ4n) is 0.310. The van der Waals surface area contributed by atoms with E-state index in [1.165, 1.54) is 0 Å². The molecule has 0 amide bonds. The molecule has 0 saturated carbocycles. The maximum atomic E-state index is 10.2. The van der Waals surface area contributed by atoms with Crippen molar-refractivity contribution in [3.63, 3.8) is 0 Å². The molecule has 0 aromatic rings. The number of carbonyl (C=O) groups is 1. The molecule has 0 aliphatic rings. The number of methoxy groups -OCH3 is 1. The van der Waals surface area contributed by atoms with Gasteiger partial charge in [0.1, 0.15) is 0 Å². The Hall–Kier alpha value is 0.380. The van der Waals surface area contributed by atoms with Gasteiger partial charge < -0.3 is 9.29 Å². The molecule has 0 unspecified atom stereocenters. The first kappa shape index (κ1) is 13.9. The number of hydrogen-bond donors (Lipinski definition) is 0. The van der Waals surface area contributed by atoms with E-state index in [4.69, 9.17) is 0 Å². The first-order valence-corrected chi connectivity index (χ1v) is 4.04. The van der Waals surface area contributed by atoms with E-state index < -0.39 is 21.8 Å². The molecular weight excluding hydrogens is 183 g/mol. The van der Waals surface area contributed by atoms with Crippen LogP contribution in [0, 0.1) is 0 Å². The number of rotatable bonds is 3. The van der Waals surface area contributed by atoms with Gasteiger partial charge in [-0.25, -0.2) is 8.42 Å². The largest absolute Gasteiger partial charge is 1.00 e. The third-order valence-corrected chi connectivity index (χ3v) is 1.49. The van der Waals surface area contributed by atoms with Crippen LogP contribution in [0.3, 0.4) is 0 Å². The Morgan fingerprint density at radius 2 is 2.00 bits per heavy atom. The first-order chi connectivity index (χ1) is 4.45. The zero-order valence-electron chi connectivity index (χ0n) is 6.36. The van der Waals surface area contributed by atoms with Gasteiger partial charge in [0.15, 0.2) is 0 Å². The second-order valence-electron chi connectivity index (χ2n) is 1.59. The standard InChI is InChI=1S/C4H8O5S.Na/c1-9-4(5)2-3-10(6,7)8;/h2-3H2,1H3,(H,6,7,8);/q;+1/p-1. The van der Waals surface area contributed by atoms with Gasteiger partial charge in [0.05, 0.1) is 23.6 Å². The van der Waals surface area contributed by atoms with Gasteiger partial charge in [0.25, 0.3) is 0 Å². The summed E-state index contributed by atoms with van der Waals surface area (Å²) in [5.74, 6) is -1.39. The maximum Gasteiger partial charge on any atom is 1.00 e. The van der Waals surface area contributed by atoms with E-state index in [9.17, 15) is 17.8 Å². The minimum atomic E-state index is -4.28. The first-order valence-electron chi connectivity index (χ1n) is 2.46. The van der Waals surface area contributed by atoms with Crippen LogP contribution in [0.5, 0.6) is 0 Å². The molecule has 0 fully saturated rings. The number of hydrogen-bond acceptors (Lipinski definition) is 5. The molecule has 0 saturated heterocycles. The summed E-state index contributed by atoms with van der Waals surface area (Å²) in [6.45, 7) is 0. The molecular formula is C4H7NaO5S. The van der Waals surface area contributed by atoms with Crippen LogP contribution in [0.1, 0.15) is 6.42 Å². The zero-order valence-corrected chi connectivity index (χ0v) is 9.18. The summed E-state index contributed by atoms with van der Waals surface area (Å²) < 4.78 is 33.8. The van der Waals surface area contributed by atoms with Crippen LogP contribution in [0.4, 0.5) is 0 Å². The van der Waals surface area contributed by atoms with Gasteiger partial charge in [-0.05, 0) is 0 Å². The van der Waals surface area contributed by atoms with E-state index in [1.807, 2.05) is 0 Å². The summed E-state index contributed by atoms with van der Waals surface area (Å²) in [5.41, 5.74) is 0. The van der Waals surface area contributed by atoms with Crippen molar-refractivity contribution in [1.29, 1.82) is 0 Å². The van der Waals surface area contributed by atoms with Crippen molar-refractivity contribution in [3.05, 3.63) is 0 Å². The zero-order chi connectivity index (χ0) is 8.20. The summed E-state index contributed by atoms with van der Waals surface area (Å²) >= 11 is 0. The van der Waals surface area contributed by atoms with Crippen LogP contribution in [0.2, 0.25) is 0 Å². The topological polar surface area (TPSA) is 83.5 Å². The molecule has 7 heteroatoms. The third kappa shape index (κ3) is 10.4. The molecule has 0 radical (unpaired) electrons. The average Bonchev–Trinajstić information content (AvgIpc) is 1.81. The van der Waals surface area contributed by atoms with Gasteiger partial charge in [-0.15, -0.1) is 0 Å². The van der Waals surface area contributed by atoms with Gasteiger partial charge in [-0.3, -0.25) is 4.79 Å². The Morgan fingerprint density at radius 3 is 2.27 bits per heavy atom. The van der Waals surface area contributed by atoms with E-state index in [0.717, 1.165) is 7.11 Å². The second kappa shape index (κ2) is 5.96. The van der Waals surface area contributed by atoms with Gasteiger partial charge >= 0.3 is 35.5 Å².